The number of nitrogens with one attached hydrogen (secondary N) is 1. The molecule has 0 amide bonds. The van der Waals surface area contributed by atoms with Gasteiger partial charge >= 0.3 is 6.18 Å². The van der Waals surface area contributed by atoms with E-state index in [1.54, 1.807) is 0 Å². The first kappa shape index (κ1) is 13.8. The average Bonchev–Trinajstić information content (AvgIpc) is 2.88. The van der Waals surface area contributed by atoms with Gasteiger partial charge in [-0.1, -0.05) is 0 Å². The molecule has 1 N–H and O–H groups in total. The first-order valence-corrected chi connectivity index (χ1v) is 5.72. The maximum absolute atomic E-state index is 13.2. The van der Waals surface area contributed by atoms with Crippen LogP contribution in [-0.2, 0) is 0 Å². The van der Waals surface area contributed by atoms with E-state index in [9.17, 15) is 18.0 Å². The minimum absolute atomic E-state index is 0.0830. The molecule has 1 atom stereocenters. The zero-order valence-corrected chi connectivity index (χ0v) is 10.3. The maximum atomic E-state index is 13.2. The van der Waals surface area contributed by atoms with Crippen LogP contribution in [0.1, 0.15) is 16.8 Å². The molecule has 0 aromatic carbocycles. The number of ketones is 1. The highest BCUT2D eigenvalue weighted by Gasteiger charge is 2.61. The summed E-state index contributed by atoms with van der Waals surface area (Å²) in [5, 5.41) is 2.61. The number of nitrogens with zero attached hydrogens (tertiary/aromatic N) is 1. The summed E-state index contributed by atoms with van der Waals surface area (Å²) in [6.07, 6.45) is -2.37. The third-order valence-electron chi connectivity index (χ3n) is 3.34. The van der Waals surface area contributed by atoms with Crippen LogP contribution in [0.15, 0.2) is 18.5 Å². The fourth-order valence-electron chi connectivity index (χ4n) is 2.19. The second kappa shape index (κ2) is 4.80. The molecule has 104 valence electrons. The molecule has 1 unspecified atom stereocenters. The van der Waals surface area contributed by atoms with Gasteiger partial charge in [-0.2, -0.15) is 13.2 Å². The Hall–Kier alpha value is -1.63. The number of methoxy groups -OCH3 is 1. The number of pyridine rings is 1. The minimum Gasteiger partial charge on any atom is -0.495 e. The SMILES string of the molecule is COc1cncc(C(=O)C2(C(F)(F)F)CCNC2)c1. The lowest BCUT2D eigenvalue weighted by Crippen LogP contribution is -2.46. The van der Waals surface area contributed by atoms with Gasteiger partial charge in [0.15, 0.2) is 5.78 Å². The van der Waals surface area contributed by atoms with Crippen molar-refractivity contribution in [2.45, 2.75) is 12.6 Å². The van der Waals surface area contributed by atoms with Crippen LogP contribution in [-0.4, -0.2) is 37.1 Å². The fraction of sp³-hybridized carbons (Fsp3) is 0.500. The Morgan fingerprint density at radius 2 is 2.21 bits per heavy atom. The fourth-order valence-corrected chi connectivity index (χ4v) is 2.19. The number of ether oxygens (including phenoxy) is 1. The largest absolute Gasteiger partial charge is 0.495 e. The van der Waals surface area contributed by atoms with Crippen LogP contribution < -0.4 is 10.1 Å². The van der Waals surface area contributed by atoms with Crippen molar-refractivity contribution in [3.63, 3.8) is 0 Å². The van der Waals surface area contributed by atoms with Crippen molar-refractivity contribution in [3.8, 4) is 5.75 Å². The van der Waals surface area contributed by atoms with Crippen molar-refractivity contribution in [2.75, 3.05) is 20.2 Å². The summed E-state index contributed by atoms with van der Waals surface area (Å²) in [7, 11) is 1.36. The van der Waals surface area contributed by atoms with Gasteiger partial charge in [0.25, 0.3) is 0 Å². The molecular weight excluding hydrogens is 261 g/mol. The van der Waals surface area contributed by atoms with Crippen molar-refractivity contribution >= 4 is 5.78 Å². The van der Waals surface area contributed by atoms with Crippen molar-refractivity contribution in [2.24, 2.45) is 5.41 Å². The quantitative estimate of drug-likeness (QED) is 0.854. The summed E-state index contributed by atoms with van der Waals surface area (Å²) >= 11 is 0. The maximum Gasteiger partial charge on any atom is 0.402 e. The highest BCUT2D eigenvalue weighted by molar-refractivity contribution is 6.01. The number of hydrogen-bond donors (Lipinski definition) is 1. The van der Waals surface area contributed by atoms with Gasteiger partial charge in [0.05, 0.1) is 13.3 Å². The molecular formula is C12H13F3N2O2. The lowest BCUT2D eigenvalue weighted by atomic mass is 9.79. The smallest absolute Gasteiger partial charge is 0.402 e. The van der Waals surface area contributed by atoms with Crippen LogP contribution in [0, 0.1) is 5.41 Å². The molecule has 2 rings (SSSR count). The zero-order chi connectivity index (χ0) is 14.1. The van der Waals surface area contributed by atoms with Gasteiger partial charge < -0.3 is 10.1 Å². The van der Waals surface area contributed by atoms with E-state index in [-0.39, 0.29) is 24.3 Å². The summed E-state index contributed by atoms with van der Waals surface area (Å²) in [5.74, 6) is -0.703. The third kappa shape index (κ3) is 2.30. The van der Waals surface area contributed by atoms with E-state index in [0.29, 0.717) is 0 Å². The second-order valence-electron chi connectivity index (χ2n) is 4.45. The summed E-state index contributed by atoms with van der Waals surface area (Å²) in [4.78, 5) is 16.0. The van der Waals surface area contributed by atoms with Gasteiger partial charge in [0.1, 0.15) is 11.2 Å². The highest BCUT2D eigenvalue weighted by atomic mass is 19.4. The normalized spacial score (nSPS) is 23.4. The van der Waals surface area contributed by atoms with E-state index >= 15 is 0 Å². The molecule has 0 bridgehead atoms. The molecule has 0 radical (unpaired) electrons. The molecule has 1 aliphatic heterocycles. The molecule has 1 saturated heterocycles. The zero-order valence-electron chi connectivity index (χ0n) is 10.3. The average molecular weight is 274 g/mol. The molecule has 2 heterocycles. The van der Waals surface area contributed by atoms with Gasteiger partial charge in [-0.05, 0) is 19.0 Å². The monoisotopic (exact) mass is 274 g/mol. The van der Waals surface area contributed by atoms with E-state index < -0.39 is 23.9 Å². The predicted molar refractivity (Wildman–Crippen MR) is 61.1 cm³/mol. The molecule has 1 aliphatic rings. The molecule has 7 heteroatoms. The van der Waals surface area contributed by atoms with Crippen LogP contribution in [0.25, 0.3) is 0 Å². The molecule has 1 aromatic rings. The summed E-state index contributed by atoms with van der Waals surface area (Å²) in [5.41, 5.74) is -2.44. The molecule has 0 spiro atoms. The van der Waals surface area contributed by atoms with E-state index in [4.69, 9.17) is 4.74 Å². The lowest BCUT2D eigenvalue weighted by Gasteiger charge is -2.29. The Balaban J connectivity index is 2.40. The highest BCUT2D eigenvalue weighted by Crippen LogP contribution is 2.45. The van der Waals surface area contributed by atoms with Crippen LogP contribution in [0.5, 0.6) is 5.75 Å². The van der Waals surface area contributed by atoms with Crippen LogP contribution >= 0.6 is 0 Å². The molecule has 4 nitrogen and oxygen atoms in total. The molecule has 19 heavy (non-hydrogen) atoms. The van der Waals surface area contributed by atoms with Crippen molar-refractivity contribution < 1.29 is 22.7 Å². The Morgan fingerprint density at radius 3 is 2.74 bits per heavy atom. The van der Waals surface area contributed by atoms with Crippen molar-refractivity contribution in [1.29, 1.82) is 0 Å². The Labute approximate surface area is 108 Å². The Bertz CT molecular complexity index is 482. The number of alkyl halides is 3. The first-order valence-electron chi connectivity index (χ1n) is 5.72. The Morgan fingerprint density at radius 1 is 1.47 bits per heavy atom. The van der Waals surface area contributed by atoms with Crippen LogP contribution in [0.2, 0.25) is 0 Å². The molecule has 0 saturated carbocycles. The summed E-state index contributed by atoms with van der Waals surface area (Å²) in [6.45, 7) is -0.227. The van der Waals surface area contributed by atoms with Crippen molar-refractivity contribution in [1.82, 2.24) is 10.3 Å². The minimum atomic E-state index is -4.59. The number of halogens is 3. The second-order valence-corrected chi connectivity index (χ2v) is 4.45. The number of aromatic nitrogens is 1. The number of carbonyl (C=O) groups excluding carboxylic acids is 1. The topological polar surface area (TPSA) is 51.2 Å². The third-order valence-corrected chi connectivity index (χ3v) is 3.34. The van der Waals surface area contributed by atoms with E-state index in [0.717, 1.165) is 6.20 Å². The molecule has 1 fully saturated rings. The van der Waals surface area contributed by atoms with Gasteiger partial charge in [-0.25, -0.2) is 0 Å². The van der Waals surface area contributed by atoms with E-state index in [2.05, 4.69) is 10.3 Å². The lowest BCUT2D eigenvalue weighted by molar-refractivity contribution is -0.197. The standard InChI is InChI=1S/C12H13F3N2O2/c1-19-9-4-8(5-17-6-9)10(18)11(12(13,14)15)2-3-16-7-11/h4-6,16H,2-3,7H2,1H3. The number of carbonyl (C=O) groups is 1. The number of Topliss-reactive ketones (excluding diaryl/α,β-unsaturated/α-hetero) is 1. The van der Waals surface area contributed by atoms with Crippen LogP contribution in [0.3, 0.4) is 0 Å². The van der Waals surface area contributed by atoms with Crippen molar-refractivity contribution in [3.05, 3.63) is 24.0 Å². The summed E-state index contributed by atoms with van der Waals surface area (Å²) < 4.78 is 44.5. The summed E-state index contributed by atoms with van der Waals surface area (Å²) in [6, 6.07) is 1.28. The van der Waals surface area contributed by atoms with E-state index in [1.807, 2.05) is 0 Å². The molecule has 1 aromatic heterocycles. The predicted octanol–water partition coefficient (Wildman–Crippen LogP) is 1.81. The van der Waals surface area contributed by atoms with Gasteiger partial charge in [0, 0.05) is 18.3 Å². The van der Waals surface area contributed by atoms with Gasteiger partial charge in [-0.15, -0.1) is 0 Å². The van der Waals surface area contributed by atoms with Crippen LogP contribution in [0.4, 0.5) is 13.2 Å². The Kier molecular flexibility index (Phi) is 3.49. The van der Waals surface area contributed by atoms with Gasteiger partial charge in [0.2, 0.25) is 0 Å². The van der Waals surface area contributed by atoms with E-state index in [1.165, 1.54) is 19.4 Å². The first-order chi connectivity index (χ1) is 8.90. The van der Waals surface area contributed by atoms with Gasteiger partial charge in [-0.3, -0.25) is 9.78 Å². The molecule has 0 aliphatic carbocycles. The number of rotatable bonds is 3. The number of hydrogen-bond acceptors (Lipinski definition) is 4.